The molecule has 0 fully saturated rings. The highest BCUT2D eigenvalue weighted by atomic mass is 35.5. The molecule has 0 aromatic heterocycles. The topological polar surface area (TPSA) is 30.9 Å². The van der Waals surface area contributed by atoms with Gasteiger partial charge in [-0.05, 0) is 31.5 Å². The monoisotopic (exact) mass is 363 g/mol. The van der Waals surface area contributed by atoms with Crippen molar-refractivity contribution in [3.8, 4) is 17.2 Å². The minimum absolute atomic E-state index is 0.137. The summed E-state index contributed by atoms with van der Waals surface area (Å²) in [6.07, 6.45) is 0.669. The van der Waals surface area contributed by atoms with E-state index < -0.39 is 0 Å². The number of hydrogen-bond donors (Lipinski definition) is 0. The van der Waals surface area contributed by atoms with Gasteiger partial charge in [-0.15, -0.1) is 16.7 Å². The lowest BCUT2D eigenvalue weighted by Crippen LogP contribution is -2.29. The molecule has 0 aliphatic heterocycles. The summed E-state index contributed by atoms with van der Waals surface area (Å²) < 4.78 is 11.6. The van der Waals surface area contributed by atoms with Gasteiger partial charge >= 0.3 is 0 Å². The van der Waals surface area contributed by atoms with Crippen molar-refractivity contribution in [2.24, 2.45) is 0 Å². The maximum Gasteiger partial charge on any atom is 0.162 e. The average Bonchev–Trinajstić information content (AvgIpc) is 2.66. The van der Waals surface area contributed by atoms with E-state index in [1.54, 1.807) is 7.11 Å². The molecule has 2 rings (SSSR count). The van der Waals surface area contributed by atoms with Gasteiger partial charge in [0.25, 0.3) is 0 Å². The van der Waals surface area contributed by atoms with E-state index in [0.717, 1.165) is 35.8 Å². The lowest BCUT2D eigenvalue weighted by Gasteiger charge is -2.25. The van der Waals surface area contributed by atoms with Crippen LogP contribution in [0.3, 0.4) is 0 Å². The summed E-state index contributed by atoms with van der Waals surface area (Å²) in [6.45, 7) is 5.55. The van der Waals surface area contributed by atoms with E-state index in [1.807, 2.05) is 60.5 Å². The van der Waals surface area contributed by atoms with E-state index in [9.17, 15) is 0 Å². The van der Waals surface area contributed by atoms with Gasteiger partial charge in [0.2, 0.25) is 0 Å². The van der Waals surface area contributed by atoms with Gasteiger partial charge < -0.3 is 14.3 Å². The van der Waals surface area contributed by atoms with Crippen LogP contribution in [0.1, 0.15) is 31.9 Å². The number of hydrogen-bond acceptors (Lipinski definition) is 4. The molecule has 0 amide bonds. The van der Waals surface area contributed by atoms with Crippen LogP contribution in [-0.4, -0.2) is 31.1 Å². The maximum atomic E-state index is 6.24. The van der Waals surface area contributed by atoms with Gasteiger partial charge in [0.15, 0.2) is 17.2 Å². The number of methoxy groups -OCH3 is 1. The molecule has 5 heteroatoms. The number of rotatable bonds is 10. The number of hydroxylamine groups is 2. The number of nitrogens with zero attached hydrogens (tertiary/aromatic N) is 1. The van der Waals surface area contributed by atoms with Gasteiger partial charge in [0.1, 0.15) is 6.10 Å². The molecule has 0 heterocycles. The SMILES string of the molecule is CCC(Oc1ccccc1OC)c1ccccc1ON(CC)CCCl. The van der Waals surface area contributed by atoms with Gasteiger partial charge in [-0.2, -0.15) is 0 Å². The van der Waals surface area contributed by atoms with Crippen LogP contribution in [0.4, 0.5) is 0 Å². The molecule has 0 aliphatic carbocycles. The van der Waals surface area contributed by atoms with Crippen LogP contribution >= 0.6 is 11.6 Å². The summed E-state index contributed by atoms with van der Waals surface area (Å²) in [6, 6.07) is 15.6. The summed E-state index contributed by atoms with van der Waals surface area (Å²) in [4.78, 5) is 6.05. The molecule has 0 aliphatic rings. The highest BCUT2D eigenvalue weighted by Crippen LogP contribution is 2.35. The molecule has 0 radical (unpaired) electrons. The highest BCUT2D eigenvalue weighted by molar-refractivity contribution is 6.18. The van der Waals surface area contributed by atoms with Crippen molar-refractivity contribution < 1.29 is 14.3 Å². The summed E-state index contributed by atoms with van der Waals surface area (Å²) in [7, 11) is 1.64. The highest BCUT2D eigenvalue weighted by Gasteiger charge is 2.19. The van der Waals surface area contributed by atoms with Gasteiger partial charge in [-0.1, -0.05) is 37.3 Å². The minimum Gasteiger partial charge on any atom is -0.493 e. The summed E-state index contributed by atoms with van der Waals surface area (Å²) in [5.74, 6) is 2.75. The molecule has 0 N–H and O–H groups in total. The first-order chi connectivity index (χ1) is 12.2. The second kappa shape index (κ2) is 10.2. The molecule has 0 spiro atoms. The van der Waals surface area contributed by atoms with E-state index in [1.165, 1.54) is 0 Å². The Morgan fingerprint density at radius 1 is 0.960 bits per heavy atom. The fourth-order valence-corrected chi connectivity index (χ4v) is 2.76. The molecular weight excluding hydrogens is 338 g/mol. The van der Waals surface area contributed by atoms with Crippen molar-refractivity contribution in [1.29, 1.82) is 0 Å². The van der Waals surface area contributed by atoms with Gasteiger partial charge in [0, 0.05) is 24.5 Å². The molecule has 1 atom stereocenters. The lowest BCUT2D eigenvalue weighted by atomic mass is 10.1. The Kier molecular flexibility index (Phi) is 7.89. The van der Waals surface area contributed by atoms with Crippen molar-refractivity contribution >= 4 is 11.6 Å². The van der Waals surface area contributed by atoms with Gasteiger partial charge in [-0.25, -0.2) is 0 Å². The van der Waals surface area contributed by atoms with Crippen LogP contribution in [0.25, 0.3) is 0 Å². The van der Waals surface area contributed by atoms with Crippen LogP contribution in [0.15, 0.2) is 48.5 Å². The molecule has 0 saturated heterocycles. The smallest absolute Gasteiger partial charge is 0.162 e. The molecule has 2 aromatic carbocycles. The van der Waals surface area contributed by atoms with Gasteiger partial charge in [0.05, 0.1) is 7.11 Å². The fraction of sp³-hybridized carbons (Fsp3) is 0.400. The Hall–Kier alpha value is -1.91. The number of ether oxygens (including phenoxy) is 2. The van der Waals surface area contributed by atoms with E-state index in [-0.39, 0.29) is 6.10 Å². The largest absolute Gasteiger partial charge is 0.493 e. The van der Waals surface area contributed by atoms with Crippen molar-refractivity contribution in [3.63, 3.8) is 0 Å². The first-order valence-corrected chi connectivity index (χ1v) is 9.14. The first-order valence-electron chi connectivity index (χ1n) is 8.60. The van der Waals surface area contributed by atoms with Crippen LogP contribution in [0.5, 0.6) is 17.2 Å². The summed E-state index contributed by atoms with van der Waals surface area (Å²) in [5, 5.41) is 1.85. The standard InChI is InChI=1S/C20H26ClNO3/c1-4-17(24-20-13-9-8-12-19(20)23-3)16-10-6-7-11-18(16)25-22(5-2)15-14-21/h6-13,17H,4-5,14-15H2,1-3H3. The zero-order valence-corrected chi connectivity index (χ0v) is 15.8. The molecular formula is C20H26ClNO3. The Labute approximate surface area is 155 Å². The summed E-state index contributed by atoms with van der Waals surface area (Å²) >= 11 is 5.85. The Bertz CT molecular complexity index is 650. The molecule has 25 heavy (non-hydrogen) atoms. The second-order valence-electron chi connectivity index (χ2n) is 5.51. The average molecular weight is 364 g/mol. The minimum atomic E-state index is -0.137. The zero-order valence-electron chi connectivity index (χ0n) is 15.1. The van der Waals surface area contributed by atoms with Crippen molar-refractivity contribution in [3.05, 3.63) is 54.1 Å². The second-order valence-corrected chi connectivity index (χ2v) is 5.88. The van der Waals surface area contributed by atoms with E-state index >= 15 is 0 Å². The van der Waals surface area contributed by atoms with Crippen LogP contribution in [0.2, 0.25) is 0 Å². The van der Waals surface area contributed by atoms with Crippen LogP contribution < -0.4 is 14.3 Å². The van der Waals surface area contributed by atoms with Crippen molar-refractivity contribution in [2.75, 3.05) is 26.1 Å². The van der Waals surface area contributed by atoms with E-state index in [0.29, 0.717) is 12.4 Å². The maximum absolute atomic E-state index is 6.24. The third-order valence-corrected chi connectivity index (χ3v) is 4.06. The Morgan fingerprint density at radius 3 is 2.20 bits per heavy atom. The third kappa shape index (κ3) is 5.28. The van der Waals surface area contributed by atoms with Gasteiger partial charge in [-0.3, -0.25) is 0 Å². The van der Waals surface area contributed by atoms with E-state index in [2.05, 4.69) is 6.92 Å². The number of para-hydroxylation sites is 3. The Balaban J connectivity index is 2.25. The molecule has 0 bridgehead atoms. The fourth-order valence-electron chi connectivity index (χ4n) is 2.57. The summed E-state index contributed by atoms with van der Waals surface area (Å²) in [5.41, 5.74) is 1.00. The van der Waals surface area contributed by atoms with Crippen LogP contribution in [0, 0.1) is 0 Å². The predicted octanol–water partition coefficient (Wildman–Crippen LogP) is 5.08. The van der Waals surface area contributed by atoms with Crippen molar-refractivity contribution in [1.82, 2.24) is 5.06 Å². The molecule has 1 unspecified atom stereocenters. The van der Waals surface area contributed by atoms with Crippen molar-refractivity contribution in [2.45, 2.75) is 26.4 Å². The lowest BCUT2D eigenvalue weighted by molar-refractivity contribution is -0.0501. The zero-order chi connectivity index (χ0) is 18.1. The third-order valence-electron chi connectivity index (χ3n) is 3.89. The number of alkyl halides is 1. The molecule has 136 valence electrons. The predicted molar refractivity (Wildman–Crippen MR) is 102 cm³/mol. The van der Waals surface area contributed by atoms with Crippen LogP contribution in [-0.2, 0) is 0 Å². The molecule has 2 aromatic rings. The molecule has 0 saturated carbocycles. The number of halogens is 1. The number of benzene rings is 2. The quantitative estimate of drug-likeness (QED) is 0.435. The van der Waals surface area contributed by atoms with E-state index in [4.69, 9.17) is 25.9 Å². The Morgan fingerprint density at radius 2 is 1.60 bits per heavy atom. The molecule has 4 nitrogen and oxygen atoms in total. The normalized spacial score (nSPS) is 12.0. The first kappa shape index (κ1) is 19.4.